The largest absolute Gasteiger partial charge is 0.399 e. The van der Waals surface area contributed by atoms with Crippen LogP contribution in [0.3, 0.4) is 0 Å². The summed E-state index contributed by atoms with van der Waals surface area (Å²) in [5.41, 5.74) is 1.99. The fourth-order valence-corrected chi connectivity index (χ4v) is 0.869. The Bertz CT molecular complexity index is 241. The van der Waals surface area contributed by atoms with Crippen LogP contribution in [0.4, 0.5) is 0 Å². The first-order chi connectivity index (χ1) is 5.34. The molecule has 0 aliphatic heterocycles. The monoisotopic (exact) mass is 161 g/mol. The molecule has 0 radical (unpaired) electrons. The summed E-state index contributed by atoms with van der Waals surface area (Å²) in [6.45, 7) is 1.92. The Hall–Kier alpha value is -1.31. The molecule has 0 N–H and O–H groups in total. The summed E-state index contributed by atoms with van der Waals surface area (Å²) in [6, 6.07) is 9.92. The van der Waals surface area contributed by atoms with Crippen molar-refractivity contribution in [2.75, 3.05) is 7.11 Å². The van der Waals surface area contributed by atoms with Crippen LogP contribution in [0.5, 0.6) is 0 Å². The summed E-state index contributed by atoms with van der Waals surface area (Å²) in [7, 11) is 1.55. The Morgan fingerprint density at radius 2 is 1.91 bits per heavy atom. The first-order valence-corrected chi connectivity index (χ1v) is 3.48. The zero-order valence-corrected chi connectivity index (χ0v) is 6.74. The van der Waals surface area contributed by atoms with E-state index in [2.05, 4.69) is 9.99 Å². The van der Waals surface area contributed by atoms with Gasteiger partial charge in [-0.2, -0.15) is 0 Å². The second-order valence-corrected chi connectivity index (χ2v) is 2.23. The van der Waals surface area contributed by atoms with Crippen LogP contribution in [0.2, 0.25) is 0 Å². The quantitative estimate of drug-likeness (QED) is 0.480. The minimum absolute atomic E-state index is 0.896. The molecule has 1 rings (SSSR count). The second-order valence-electron chi connectivity index (χ2n) is 2.23. The summed E-state index contributed by atoms with van der Waals surface area (Å²) in [6.07, 6.45) is 0. The van der Waals surface area contributed by atoms with Crippen LogP contribution in [-0.2, 0) is 4.84 Å². The predicted molar refractivity (Wildman–Crippen MR) is 45.7 cm³/mol. The van der Waals surface area contributed by atoms with Crippen LogP contribution >= 0.6 is 0 Å². The average Bonchev–Trinajstić information content (AvgIpc) is 2.07. The van der Waals surface area contributed by atoms with Crippen LogP contribution in [-0.4, -0.2) is 12.8 Å². The highest BCUT2D eigenvalue weighted by molar-refractivity contribution is 5.98. The molecule has 2 heteroatoms. The Balaban J connectivity index is 2.85. The van der Waals surface area contributed by atoms with E-state index in [0.717, 1.165) is 11.3 Å². The molecule has 0 saturated carbocycles. The molecule has 0 amide bonds. The van der Waals surface area contributed by atoms with Crippen molar-refractivity contribution in [3.8, 4) is 0 Å². The Morgan fingerprint density at radius 1 is 1.27 bits per heavy atom. The Kier molecular flexibility index (Phi) is 2.66. The molecule has 1 aromatic carbocycles. The zero-order valence-electron chi connectivity index (χ0n) is 6.74. The molecule has 0 aliphatic carbocycles. The minimum Gasteiger partial charge on any atom is -0.399 e. The number of hydrogen-bond donors (Lipinski definition) is 0. The maximum absolute atomic E-state index is 4.65. The molecule has 0 aromatic heterocycles. The number of benzene rings is 1. The molecule has 0 aliphatic rings. The van der Waals surface area contributed by atoms with Crippen molar-refractivity contribution in [3.63, 3.8) is 0 Å². The molecule has 0 heterocycles. The van der Waals surface area contributed by atoms with Gasteiger partial charge < -0.3 is 4.84 Å². The minimum atomic E-state index is 0.896. The van der Waals surface area contributed by atoms with Gasteiger partial charge in [0.05, 0.1) is 5.71 Å². The van der Waals surface area contributed by atoms with Crippen molar-refractivity contribution < 1.29 is 4.84 Å². The lowest BCUT2D eigenvalue weighted by molar-refractivity contribution is 0.213. The van der Waals surface area contributed by atoms with Crippen molar-refractivity contribution in [1.82, 2.24) is 0 Å². The molecule has 1 aromatic rings. The highest BCUT2D eigenvalue weighted by Crippen LogP contribution is 2.00. The van der Waals surface area contributed by atoms with E-state index in [1.165, 1.54) is 0 Å². The third-order valence-corrected chi connectivity index (χ3v) is 1.42. The van der Waals surface area contributed by atoms with Crippen molar-refractivity contribution in [2.45, 2.75) is 6.92 Å². The topological polar surface area (TPSA) is 21.6 Å². The van der Waals surface area contributed by atoms with Crippen molar-refractivity contribution in [1.29, 1.82) is 0 Å². The third-order valence-electron chi connectivity index (χ3n) is 1.42. The highest BCUT2D eigenvalue weighted by Gasteiger charge is 1.93. The summed E-state index contributed by atoms with van der Waals surface area (Å²) in [4.78, 5) is 4.65. The lowest BCUT2D eigenvalue weighted by atomic mass is 10.7. The van der Waals surface area contributed by atoms with Gasteiger partial charge in [-0.25, -0.2) is 0 Å². The van der Waals surface area contributed by atoms with Crippen molar-refractivity contribution >= 4 is 5.71 Å². The summed E-state index contributed by atoms with van der Waals surface area (Å²) < 4.78 is 0. The van der Waals surface area contributed by atoms with E-state index in [1.54, 1.807) is 7.11 Å². The number of rotatable bonds is 2. The van der Waals surface area contributed by atoms with Gasteiger partial charge in [-0.15, -0.1) is 0 Å². The average molecular weight is 161 g/mol. The van der Waals surface area contributed by atoms with Gasteiger partial charge in [0.15, 0.2) is 0 Å². The second kappa shape index (κ2) is 3.76. The van der Waals surface area contributed by atoms with Gasteiger partial charge in [0.2, 0.25) is 0 Å². The maximum Gasteiger partial charge on any atom is 0.106 e. The van der Waals surface area contributed by atoms with E-state index in [1.807, 2.05) is 37.3 Å². The van der Waals surface area contributed by atoms with Crippen LogP contribution in [0.15, 0.2) is 35.5 Å². The molecule has 0 bridgehead atoms. The lowest BCUT2D eigenvalue weighted by Gasteiger charge is -1.97. The maximum atomic E-state index is 4.65. The molecule has 2 nitrogen and oxygen atoms in total. The number of hydrogen-bond acceptors (Lipinski definition) is 2. The fraction of sp³-hybridized carbons (Fsp3) is 0.222. The van der Waals surface area contributed by atoms with E-state index in [4.69, 9.17) is 0 Å². The van der Waals surface area contributed by atoms with Gasteiger partial charge in [0, 0.05) is 0 Å². The van der Waals surface area contributed by atoms with E-state index in [-0.39, 0.29) is 0 Å². The SMILES string of the molecule is CO/N=C(\C)[14c]1[14cH][14cH][14cH][14cH][14cH]1. The van der Waals surface area contributed by atoms with E-state index < -0.39 is 0 Å². The molecule has 11 heavy (non-hydrogen) atoms. The molecule has 0 saturated heterocycles. The summed E-state index contributed by atoms with van der Waals surface area (Å²) in [5, 5.41) is 3.81. The first-order valence-electron chi connectivity index (χ1n) is 3.48. The predicted octanol–water partition coefficient (Wildman–Crippen LogP) is 2.06. The first kappa shape index (κ1) is 7.79. The standard InChI is InChI=1S/C9H11NO/c1-8(10-11-2)9-6-4-3-5-7-9/h3-7H,1-2H3/b10-8+/i3+2,4+2,5+2,6+2,7+2,9+2. The molecule has 0 fully saturated rings. The Morgan fingerprint density at radius 3 is 2.45 bits per heavy atom. The number of oxime groups is 1. The van der Waals surface area contributed by atoms with E-state index >= 15 is 0 Å². The van der Waals surface area contributed by atoms with Gasteiger partial charge in [-0.05, 0) is 12.5 Å². The zero-order chi connectivity index (χ0) is 8.10. The Labute approximate surface area is 66.5 Å². The van der Waals surface area contributed by atoms with E-state index in [9.17, 15) is 0 Å². The van der Waals surface area contributed by atoms with E-state index in [0.29, 0.717) is 0 Å². The molecule has 0 spiro atoms. The van der Waals surface area contributed by atoms with Gasteiger partial charge in [-0.3, -0.25) is 0 Å². The normalized spacial score (nSPS) is 11.3. The van der Waals surface area contributed by atoms with Crippen LogP contribution in [0.25, 0.3) is 0 Å². The lowest BCUT2D eigenvalue weighted by Crippen LogP contribution is -1.93. The van der Waals surface area contributed by atoms with Gasteiger partial charge >= 0.3 is 0 Å². The third kappa shape index (κ3) is 2.08. The van der Waals surface area contributed by atoms with Crippen LogP contribution in [0, 0.1) is 0 Å². The molecular formula is C9H11NO. The molecule has 58 valence electrons. The van der Waals surface area contributed by atoms with Gasteiger partial charge in [0.1, 0.15) is 7.11 Å². The van der Waals surface area contributed by atoms with Crippen molar-refractivity contribution in [3.05, 3.63) is 35.9 Å². The molecular weight excluding hydrogens is 150 g/mol. The van der Waals surface area contributed by atoms with Crippen molar-refractivity contribution in [2.24, 2.45) is 5.16 Å². The number of nitrogens with zero attached hydrogens (tertiary/aromatic N) is 1. The highest BCUT2D eigenvalue weighted by atomic mass is 16.6. The fourth-order valence-electron chi connectivity index (χ4n) is 0.869. The van der Waals surface area contributed by atoms with Gasteiger partial charge in [0.25, 0.3) is 0 Å². The summed E-state index contributed by atoms with van der Waals surface area (Å²) >= 11 is 0. The van der Waals surface area contributed by atoms with Crippen LogP contribution in [0.1, 0.15) is 12.5 Å². The molecule has 0 atom stereocenters. The molecule has 0 unspecified atom stereocenters. The smallest absolute Gasteiger partial charge is 0.106 e. The summed E-state index contributed by atoms with van der Waals surface area (Å²) in [5.74, 6) is 0. The van der Waals surface area contributed by atoms with Crippen LogP contribution < -0.4 is 0 Å². The van der Waals surface area contributed by atoms with Gasteiger partial charge in [-0.1, -0.05) is 35.5 Å².